The van der Waals surface area contributed by atoms with Gasteiger partial charge in [-0.2, -0.15) is 17.6 Å². The molecule has 0 fully saturated rings. The molecule has 1 heterocycles. The first-order valence-corrected chi connectivity index (χ1v) is 9.64. The first kappa shape index (κ1) is 24.1. The van der Waals surface area contributed by atoms with E-state index in [-0.39, 0.29) is 18.1 Å². The molecule has 0 aromatic heterocycles. The second-order valence-corrected chi connectivity index (χ2v) is 8.74. The maximum absolute atomic E-state index is 14.6. The van der Waals surface area contributed by atoms with Gasteiger partial charge in [0.25, 0.3) is 5.91 Å². The molecular weight excluding hydrogens is 402 g/mol. The van der Waals surface area contributed by atoms with Gasteiger partial charge >= 0.3 is 6.18 Å². The fourth-order valence-electron chi connectivity index (χ4n) is 3.75. The van der Waals surface area contributed by atoms with Gasteiger partial charge < -0.3 is 4.74 Å². The van der Waals surface area contributed by atoms with Crippen LogP contribution in [0, 0.1) is 5.41 Å². The minimum absolute atomic E-state index is 0.00325. The summed E-state index contributed by atoms with van der Waals surface area (Å²) >= 11 is 0. The van der Waals surface area contributed by atoms with Crippen LogP contribution in [0.3, 0.4) is 0 Å². The zero-order valence-corrected chi connectivity index (χ0v) is 18.1. The van der Waals surface area contributed by atoms with Crippen molar-refractivity contribution in [3.8, 4) is 0 Å². The van der Waals surface area contributed by atoms with Gasteiger partial charge in [0.1, 0.15) is 6.73 Å². The van der Waals surface area contributed by atoms with Crippen molar-refractivity contribution in [3.05, 3.63) is 41.4 Å². The Kier molecular flexibility index (Phi) is 7.19. The number of amides is 1. The summed E-state index contributed by atoms with van der Waals surface area (Å²) in [6.45, 7) is 7.92. The molecule has 1 aromatic carbocycles. The van der Waals surface area contributed by atoms with E-state index < -0.39 is 29.6 Å². The number of benzene rings is 1. The molecule has 5 nitrogen and oxygen atoms in total. The van der Waals surface area contributed by atoms with Gasteiger partial charge in [-0.25, -0.2) is 5.43 Å². The second-order valence-electron chi connectivity index (χ2n) is 8.74. The number of carbonyl (C=O) groups excluding carboxylic acids is 1. The summed E-state index contributed by atoms with van der Waals surface area (Å²) in [6.07, 6.45) is -4.06. The molecule has 1 amide bonds. The molecule has 0 aliphatic carbocycles. The van der Waals surface area contributed by atoms with Crippen molar-refractivity contribution in [2.75, 3.05) is 25.8 Å². The van der Waals surface area contributed by atoms with Gasteiger partial charge in [0.15, 0.2) is 6.04 Å². The number of carbonyl (C=O) groups is 1. The summed E-state index contributed by atoms with van der Waals surface area (Å²) in [5.41, 5.74) is 2.15. The third kappa shape index (κ3) is 5.31. The smallest absolute Gasteiger partial charge is 0.364 e. The first-order chi connectivity index (χ1) is 13.8. The van der Waals surface area contributed by atoms with E-state index in [9.17, 15) is 22.4 Å². The van der Waals surface area contributed by atoms with Crippen LogP contribution in [0.25, 0.3) is 0 Å². The molecule has 168 valence electrons. The van der Waals surface area contributed by atoms with Crippen molar-refractivity contribution >= 4 is 11.6 Å². The fraction of sp³-hybridized carbons (Fsp3) is 0.571. The standard InChI is InChI=1S/C21H29F4N3O2/c1-13(11-20(2,3)4)14-9-7-8-10-15(14)28(12-30-6)19(29)16-17(21(23,24)25)26-27(5)18(16)22/h7-10,13,17,26H,11-12H2,1-6H3. The number of hydrazine groups is 1. The van der Waals surface area contributed by atoms with Crippen LogP contribution in [0.1, 0.15) is 45.6 Å². The number of methoxy groups -OCH3 is 1. The van der Waals surface area contributed by atoms with Gasteiger partial charge in [-0.3, -0.25) is 14.7 Å². The first-order valence-electron chi connectivity index (χ1n) is 9.64. The Bertz CT molecular complexity index is 802. The fourth-order valence-corrected chi connectivity index (χ4v) is 3.75. The number of hydrogen-bond donors (Lipinski definition) is 1. The molecule has 30 heavy (non-hydrogen) atoms. The van der Waals surface area contributed by atoms with Crippen molar-refractivity contribution < 1.29 is 27.1 Å². The average Bonchev–Trinajstić information content (AvgIpc) is 2.93. The normalized spacial score (nSPS) is 18.7. The Balaban J connectivity index is 2.52. The Morgan fingerprint density at radius 3 is 2.40 bits per heavy atom. The van der Waals surface area contributed by atoms with Gasteiger partial charge in [0.2, 0.25) is 5.95 Å². The van der Waals surface area contributed by atoms with Crippen LogP contribution in [0.15, 0.2) is 35.8 Å². The molecule has 0 spiro atoms. The van der Waals surface area contributed by atoms with Gasteiger partial charge in [-0.15, -0.1) is 0 Å². The van der Waals surface area contributed by atoms with E-state index in [1.165, 1.54) is 7.11 Å². The predicted octanol–water partition coefficient (Wildman–Crippen LogP) is 4.73. The summed E-state index contributed by atoms with van der Waals surface area (Å²) in [6, 6.07) is 4.51. The Labute approximate surface area is 174 Å². The molecule has 9 heteroatoms. The summed E-state index contributed by atoms with van der Waals surface area (Å²) in [4.78, 5) is 14.2. The number of ether oxygens (including phenoxy) is 1. The quantitative estimate of drug-likeness (QED) is 0.402. The van der Waals surface area contributed by atoms with Gasteiger partial charge in [-0.05, 0) is 29.4 Å². The monoisotopic (exact) mass is 431 g/mol. The topological polar surface area (TPSA) is 44.8 Å². The van der Waals surface area contributed by atoms with Crippen molar-refractivity contribution in [3.63, 3.8) is 0 Å². The molecule has 1 aliphatic heterocycles. The number of para-hydroxylation sites is 1. The lowest BCUT2D eigenvalue weighted by molar-refractivity contribution is -0.153. The van der Waals surface area contributed by atoms with E-state index >= 15 is 0 Å². The van der Waals surface area contributed by atoms with Crippen LogP contribution < -0.4 is 10.3 Å². The zero-order valence-electron chi connectivity index (χ0n) is 18.1. The van der Waals surface area contributed by atoms with E-state index in [1.54, 1.807) is 18.2 Å². The highest BCUT2D eigenvalue weighted by Crippen LogP contribution is 2.38. The lowest BCUT2D eigenvalue weighted by Gasteiger charge is -2.30. The van der Waals surface area contributed by atoms with E-state index in [1.807, 2.05) is 18.4 Å². The highest BCUT2D eigenvalue weighted by atomic mass is 19.4. The van der Waals surface area contributed by atoms with Crippen LogP contribution in [0.5, 0.6) is 0 Å². The van der Waals surface area contributed by atoms with E-state index in [2.05, 4.69) is 20.8 Å². The minimum Gasteiger partial charge on any atom is -0.364 e. The lowest BCUT2D eigenvalue weighted by Crippen LogP contribution is -2.47. The molecule has 1 aliphatic rings. The van der Waals surface area contributed by atoms with E-state index in [4.69, 9.17) is 4.74 Å². The van der Waals surface area contributed by atoms with Crippen LogP contribution in [0.2, 0.25) is 0 Å². The van der Waals surface area contributed by atoms with E-state index in [0.29, 0.717) is 10.7 Å². The molecule has 1 aromatic rings. The van der Waals surface area contributed by atoms with Crippen LogP contribution >= 0.6 is 0 Å². The molecule has 0 saturated carbocycles. The van der Waals surface area contributed by atoms with Gasteiger partial charge in [0.05, 0.1) is 5.57 Å². The molecule has 2 atom stereocenters. The number of halogens is 4. The lowest BCUT2D eigenvalue weighted by atomic mass is 9.82. The largest absolute Gasteiger partial charge is 0.409 e. The predicted molar refractivity (Wildman–Crippen MR) is 107 cm³/mol. The summed E-state index contributed by atoms with van der Waals surface area (Å²) in [7, 11) is 2.42. The number of nitrogens with zero attached hydrogens (tertiary/aromatic N) is 2. The number of hydrogen-bond acceptors (Lipinski definition) is 4. The third-order valence-electron chi connectivity index (χ3n) is 4.87. The third-order valence-corrected chi connectivity index (χ3v) is 4.87. The average molecular weight is 431 g/mol. The summed E-state index contributed by atoms with van der Waals surface area (Å²) < 4.78 is 60.1. The molecule has 0 bridgehead atoms. The van der Waals surface area contributed by atoms with Crippen LogP contribution in [-0.2, 0) is 9.53 Å². The molecule has 0 saturated heterocycles. The van der Waals surface area contributed by atoms with Gasteiger partial charge in [-0.1, -0.05) is 45.9 Å². The maximum atomic E-state index is 14.6. The van der Waals surface area contributed by atoms with Crippen LogP contribution in [-0.4, -0.2) is 44.0 Å². The minimum atomic E-state index is -4.84. The molecule has 2 unspecified atom stereocenters. The number of rotatable bonds is 6. The summed E-state index contributed by atoms with van der Waals surface area (Å²) in [5.74, 6) is -2.34. The highest BCUT2D eigenvalue weighted by Gasteiger charge is 2.52. The number of alkyl halides is 3. The second kappa shape index (κ2) is 8.93. The molecule has 1 N–H and O–H groups in total. The van der Waals surface area contributed by atoms with Crippen molar-refractivity contribution in [1.29, 1.82) is 0 Å². The number of nitrogens with one attached hydrogen (secondary N) is 1. The Morgan fingerprint density at radius 1 is 1.27 bits per heavy atom. The van der Waals surface area contributed by atoms with Crippen molar-refractivity contribution in [2.45, 2.75) is 52.3 Å². The molecule has 2 rings (SSSR count). The Morgan fingerprint density at radius 2 is 1.87 bits per heavy atom. The van der Waals surface area contributed by atoms with Gasteiger partial charge in [0, 0.05) is 19.8 Å². The molecular formula is C21H29F4N3O2. The number of anilines is 1. The van der Waals surface area contributed by atoms with Crippen LogP contribution in [0.4, 0.5) is 23.2 Å². The van der Waals surface area contributed by atoms with Crippen molar-refractivity contribution in [2.24, 2.45) is 5.41 Å². The molecule has 0 radical (unpaired) electrons. The highest BCUT2D eigenvalue weighted by molar-refractivity contribution is 6.07. The summed E-state index contributed by atoms with van der Waals surface area (Å²) in [5, 5.41) is 0.574. The van der Waals surface area contributed by atoms with E-state index in [0.717, 1.165) is 23.9 Å². The van der Waals surface area contributed by atoms with Crippen molar-refractivity contribution in [1.82, 2.24) is 10.4 Å². The Hall–Kier alpha value is -2.13. The maximum Gasteiger partial charge on any atom is 0.409 e. The zero-order chi connectivity index (χ0) is 22.9. The SMILES string of the molecule is COCN(C(=O)C1=C(F)N(C)NC1C(F)(F)F)c1ccccc1C(C)CC(C)(C)C.